The molecule has 0 radical (unpaired) electrons. The first-order chi connectivity index (χ1) is 8.33. The minimum Gasteiger partial charge on any atom is -0.330 e. The summed E-state index contributed by atoms with van der Waals surface area (Å²) in [5.74, 6) is 0.517. The van der Waals surface area contributed by atoms with Crippen LogP contribution in [0.3, 0.4) is 0 Å². The van der Waals surface area contributed by atoms with Crippen molar-refractivity contribution >= 4 is 11.6 Å². The van der Waals surface area contributed by atoms with Gasteiger partial charge in [0.05, 0.1) is 0 Å². The average Bonchev–Trinajstić information content (AvgIpc) is 2.29. The monoisotopic (exact) mass is 232 g/mol. The highest BCUT2D eigenvalue weighted by atomic mass is 16.2. The highest BCUT2D eigenvalue weighted by Gasteiger charge is 2.29. The van der Waals surface area contributed by atoms with Crippen LogP contribution in [0.4, 0.5) is 5.69 Å². The van der Waals surface area contributed by atoms with E-state index in [1.54, 1.807) is 0 Å². The Hall–Kier alpha value is -1.35. The fourth-order valence-corrected chi connectivity index (χ4v) is 2.10. The van der Waals surface area contributed by atoms with Crippen molar-refractivity contribution in [3.05, 3.63) is 30.3 Å². The number of hydrogen-bond donors (Lipinski definition) is 1. The van der Waals surface area contributed by atoms with Crippen LogP contribution in [0.1, 0.15) is 25.7 Å². The van der Waals surface area contributed by atoms with Crippen LogP contribution in [0.2, 0.25) is 0 Å². The molecule has 1 amide bonds. The summed E-state index contributed by atoms with van der Waals surface area (Å²) < 4.78 is 0. The van der Waals surface area contributed by atoms with Gasteiger partial charge in [0.1, 0.15) is 0 Å². The number of nitrogens with zero attached hydrogens (tertiary/aromatic N) is 1. The number of amides is 1. The maximum absolute atomic E-state index is 12.3. The fourth-order valence-electron chi connectivity index (χ4n) is 2.10. The molecule has 2 rings (SSSR count). The van der Waals surface area contributed by atoms with Gasteiger partial charge in [0.2, 0.25) is 5.91 Å². The highest BCUT2D eigenvalue weighted by Crippen LogP contribution is 2.30. The molecule has 0 unspecified atom stereocenters. The number of para-hydroxylation sites is 1. The van der Waals surface area contributed by atoms with Crippen molar-refractivity contribution in [1.82, 2.24) is 0 Å². The third-order valence-corrected chi connectivity index (χ3v) is 3.37. The Bertz CT molecular complexity index is 360. The number of benzene rings is 1. The Morgan fingerprint density at radius 3 is 2.53 bits per heavy atom. The van der Waals surface area contributed by atoms with Gasteiger partial charge in [0.25, 0.3) is 0 Å². The van der Waals surface area contributed by atoms with Crippen LogP contribution >= 0.6 is 0 Å². The van der Waals surface area contributed by atoms with Crippen molar-refractivity contribution < 1.29 is 4.79 Å². The molecule has 0 atom stereocenters. The zero-order valence-electron chi connectivity index (χ0n) is 10.1. The van der Waals surface area contributed by atoms with Gasteiger partial charge in [-0.2, -0.15) is 0 Å². The molecule has 2 N–H and O–H groups in total. The molecule has 3 nitrogen and oxygen atoms in total. The molecule has 0 bridgehead atoms. The standard InChI is InChI=1S/C14H20N2O/c15-10-5-11-16(13-8-2-1-3-9-13)14(17)12-6-4-7-12/h1-3,8-9,12H,4-7,10-11,15H2. The van der Waals surface area contributed by atoms with E-state index in [0.717, 1.165) is 31.5 Å². The quantitative estimate of drug-likeness (QED) is 0.845. The van der Waals surface area contributed by atoms with Gasteiger partial charge in [-0.25, -0.2) is 0 Å². The van der Waals surface area contributed by atoms with E-state index >= 15 is 0 Å². The highest BCUT2D eigenvalue weighted by molar-refractivity contribution is 5.95. The van der Waals surface area contributed by atoms with E-state index < -0.39 is 0 Å². The van der Waals surface area contributed by atoms with Crippen molar-refractivity contribution in [2.45, 2.75) is 25.7 Å². The molecule has 1 aliphatic rings. The Balaban J connectivity index is 2.09. The summed E-state index contributed by atoms with van der Waals surface area (Å²) in [6.07, 6.45) is 4.14. The summed E-state index contributed by atoms with van der Waals surface area (Å²) in [7, 11) is 0. The van der Waals surface area contributed by atoms with Crippen LogP contribution < -0.4 is 10.6 Å². The minimum absolute atomic E-state index is 0.244. The zero-order valence-corrected chi connectivity index (χ0v) is 10.1. The third-order valence-electron chi connectivity index (χ3n) is 3.37. The molecule has 0 aliphatic heterocycles. The lowest BCUT2D eigenvalue weighted by Gasteiger charge is -2.31. The Labute approximate surface area is 103 Å². The molecule has 0 saturated heterocycles. The number of nitrogens with two attached hydrogens (primary N) is 1. The molecule has 1 aromatic carbocycles. The molecule has 1 aromatic rings. The molecule has 1 saturated carbocycles. The second kappa shape index (κ2) is 5.82. The Morgan fingerprint density at radius 2 is 2.00 bits per heavy atom. The number of carbonyl (C=O) groups excluding carboxylic acids is 1. The molecular weight excluding hydrogens is 212 g/mol. The third kappa shape index (κ3) is 2.86. The van der Waals surface area contributed by atoms with Gasteiger partial charge in [-0.3, -0.25) is 4.79 Å². The van der Waals surface area contributed by atoms with Crippen molar-refractivity contribution in [2.24, 2.45) is 11.7 Å². The van der Waals surface area contributed by atoms with Crippen molar-refractivity contribution in [3.63, 3.8) is 0 Å². The maximum atomic E-state index is 12.3. The predicted molar refractivity (Wildman–Crippen MR) is 69.8 cm³/mol. The van der Waals surface area contributed by atoms with Crippen LogP contribution in [-0.2, 0) is 4.79 Å². The molecule has 0 aromatic heterocycles. The van der Waals surface area contributed by atoms with E-state index in [4.69, 9.17) is 5.73 Å². The molecule has 1 fully saturated rings. The smallest absolute Gasteiger partial charge is 0.230 e. The number of anilines is 1. The molecule has 1 aliphatic carbocycles. The zero-order chi connectivity index (χ0) is 12.1. The number of rotatable bonds is 5. The van der Waals surface area contributed by atoms with Crippen LogP contribution in [0.15, 0.2) is 30.3 Å². The van der Waals surface area contributed by atoms with Gasteiger partial charge in [-0.15, -0.1) is 0 Å². The van der Waals surface area contributed by atoms with E-state index in [1.165, 1.54) is 6.42 Å². The predicted octanol–water partition coefficient (Wildman–Crippen LogP) is 2.17. The Morgan fingerprint density at radius 1 is 1.29 bits per heavy atom. The van der Waals surface area contributed by atoms with E-state index in [0.29, 0.717) is 6.54 Å². The maximum Gasteiger partial charge on any atom is 0.230 e. The SMILES string of the molecule is NCCCN(C(=O)C1CCC1)c1ccccc1. The minimum atomic E-state index is 0.244. The molecular formula is C14H20N2O. The van der Waals surface area contributed by atoms with Crippen molar-refractivity contribution in [3.8, 4) is 0 Å². The largest absolute Gasteiger partial charge is 0.330 e. The van der Waals surface area contributed by atoms with Gasteiger partial charge in [0, 0.05) is 18.2 Å². The molecule has 0 heterocycles. The van der Waals surface area contributed by atoms with E-state index in [-0.39, 0.29) is 11.8 Å². The lowest BCUT2D eigenvalue weighted by atomic mass is 9.84. The van der Waals surface area contributed by atoms with Crippen LogP contribution in [0.5, 0.6) is 0 Å². The summed E-state index contributed by atoms with van der Waals surface area (Å²) in [6, 6.07) is 9.90. The van der Waals surface area contributed by atoms with Gasteiger partial charge in [-0.05, 0) is 37.9 Å². The van der Waals surface area contributed by atoms with Crippen LogP contribution in [0.25, 0.3) is 0 Å². The lowest BCUT2D eigenvalue weighted by Crippen LogP contribution is -2.40. The van der Waals surface area contributed by atoms with Gasteiger partial charge < -0.3 is 10.6 Å². The first kappa shape index (κ1) is 12.1. The van der Waals surface area contributed by atoms with Crippen LogP contribution in [0, 0.1) is 5.92 Å². The normalized spacial score (nSPS) is 15.4. The summed E-state index contributed by atoms with van der Waals surface area (Å²) in [5, 5.41) is 0. The van der Waals surface area contributed by atoms with Crippen LogP contribution in [-0.4, -0.2) is 19.0 Å². The van der Waals surface area contributed by atoms with E-state index in [9.17, 15) is 4.79 Å². The summed E-state index contributed by atoms with van der Waals surface area (Å²) in [6.45, 7) is 1.36. The summed E-state index contributed by atoms with van der Waals surface area (Å²) >= 11 is 0. The van der Waals surface area contributed by atoms with E-state index in [2.05, 4.69) is 0 Å². The molecule has 92 valence electrons. The lowest BCUT2D eigenvalue weighted by molar-refractivity contribution is -0.124. The van der Waals surface area contributed by atoms with E-state index in [1.807, 2.05) is 35.2 Å². The number of hydrogen-bond acceptors (Lipinski definition) is 2. The molecule has 17 heavy (non-hydrogen) atoms. The van der Waals surface area contributed by atoms with Crippen molar-refractivity contribution in [1.29, 1.82) is 0 Å². The topological polar surface area (TPSA) is 46.3 Å². The second-order valence-electron chi connectivity index (χ2n) is 4.60. The fraction of sp³-hybridized carbons (Fsp3) is 0.500. The van der Waals surface area contributed by atoms with Gasteiger partial charge >= 0.3 is 0 Å². The summed E-state index contributed by atoms with van der Waals surface area (Å²) in [5.41, 5.74) is 6.54. The first-order valence-electron chi connectivity index (χ1n) is 6.39. The summed E-state index contributed by atoms with van der Waals surface area (Å²) in [4.78, 5) is 14.2. The first-order valence-corrected chi connectivity index (χ1v) is 6.39. The Kier molecular flexibility index (Phi) is 4.15. The van der Waals surface area contributed by atoms with Gasteiger partial charge in [0.15, 0.2) is 0 Å². The molecule has 3 heteroatoms. The van der Waals surface area contributed by atoms with Crippen molar-refractivity contribution in [2.75, 3.05) is 18.0 Å². The number of carbonyl (C=O) groups is 1. The molecule has 0 spiro atoms. The second-order valence-corrected chi connectivity index (χ2v) is 4.60. The van der Waals surface area contributed by atoms with Gasteiger partial charge in [-0.1, -0.05) is 24.6 Å². The average molecular weight is 232 g/mol.